The van der Waals surface area contributed by atoms with Gasteiger partial charge in [-0.3, -0.25) is 9.79 Å². The first-order valence-electron chi connectivity index (χ1n) is 12.5. The number of hydrogen-bond acceptors (Lipinski definition) is 8. The number of carbonyl (C=O) groups is 1. The highest BCUT2D eigenvalue weighted by atomic mass is 16.7. The van der Waals surface area contributed by atoms with Gasteiger partial charge < -0.3 is 24.6 Å². The van der Waals surface area contributed by atoms with Crippen molar-refractivity contribution in [3.8, 4) is 17.4 Å². The molecule has 10 nitrogen and oxygen atoms in total. The molecule has 0 saturated carbocycles. The Hall–Kier alpha value is -4.08. The maximum Gasteiger partial charge on any atom is 0.303 e. The molecular formula is C27H31N5O5. The zero-order valence-corrected chi connectivity index (χ0v) is 20.7. The summed E-state index contributed by atoms with van der Waals surface area (Å²) in [4.78, 5) is 20.3. The van der Waals surface area contributed by atoms with Crippen molar-refractivity contribution in [2.75, 3.05) is 31.8 Å². The Labute approximate surface area is 215 Å². The molecule has 2 aliphatic heterocycles. The fourth-order valence-corrected chi connectivity index (χ4v) is 4.70. The third-order valence-corrected chi connectivity index (χ3v) is 6.57. The number of fused-ring (bicyclic) bond motifs is 2. The molecule has 0 aliphatic carbocycles. The van der Waals surface area contributed by atoms with Crippen molar-refractivity contribution in [2.45, 2.75) is 44.6 Å². The van der Waals surface area contributed by atoms with Crippen LogP contribution in [0.2, 0.25) is 0 Å². The third-order valence-electron chi connectivity index (χ3n) is 6.57. The minimum absolute atomic E-state index is 0.0328. The van der Waals surface area contributed by atoms with E-state index in [0.717, 1.165) is 42.2 Å². The summed E-state index contributed by atoms with van der Waals surface area (Å²) in [5.41, 5.74) is 3.84. The maximum atomic E-state index is 11.7. The Morgan fingerprint density at radius 2 is 2.11 bits per heavy atom. The van der Waals surface area contributed by atoms with Gasteiger partial charge >= 0.3 is 5.97 Å². The molecule has 0 spiro atoms. The van der Waals surface area contributed by atoms with Crippen LogP contribution in [-0.2, 0) is 30.6 Å². The van der Waals surface area contributed by atoms with Crippen molar-refractivity contribution < 1.29 is 24.1 Å². The molecule has 4 heterocycles. The second-order valence-corrected chi connectivity index (χ2v) is 9.19. The summed E-state index contributed by atoms with van der Waals surface area (Å²) >= 11 is 0. The molecule has 2 aliphatic rings. The van der Waals surface area contributed by atoms with Crippen LogP contribution < -0.4 is 19.5 Å². The number of rotatable bonds is 12. The van der Waals surface area contributed by atoms with E-state index in [9.17, 15) is 9.90 Å². The second kappa shape index (κ2) is 11.3. The fourth-order valence-electron chi connectivity index (χ4n) is 4.70. The van der Waals surface area contributed by atoms with E-state index in [1.54, 1.807) is 4.68 Å². The highest BCUT2D eigenvalue weighted by molar-refractivity contribution is 5.68. The number of nitrogens with one attached hydrogen (secondary N) is 1. The van der Waals surface area contributed by atoms with Gasteiger partial charge in [0.25, 0.3) is 0 Å². The van der Waals surface area contributed by atoms with E-state index in [2.05, 4.69) is 29.2 Å². The van der Waals surface area contributed by atoms with Crippen molar-refractivity contribution in [3.63, 3.8) is 0 Å². The van der Waals surface area contributed by atoms with E-state index < -0.39 is 5.97 Å². The fraction of sp³-hybridized carbons (Fsp3) is 0.407. The first-order valence-corrected chi connectivity index (χ1v) is 12.5. The van der Waals surface area contributed by atoms with Gasteiger partial charge in [-0.15, -0.1) is 0 Å². The maximum absolute atomic E-state index is 11.7. The summed E-state index contributed by atoms with van der Waals surface area (Å²) < 4.78 is 18.8. The minimum Gasteiger partial charge on any atom is -0.481 e. The molecule has 0 bridgehead atoms. The lowest BCUT2D eigenvalue weighted by molar-refractivity contribution is -0.137. The van der Waals surface area contributed by atoms with Crippen LogP contribution in [0.15, 0.2) is 41.4 Å². The number of pyridine rings is 1. The SMILES string of the molecule is C=NCCn1nc(CC(CC(=O)O)c2ccc3c(c2)OCO3)cc1OCCc1ccc2c(n1)NCCC2. The number of ether oxygens (including phenoxy) is 3. The lowest BCUT2D eigenvalue weighted by Gasteiger charge is -2.17. The van der Waals surface area contributed by atoms with Crippen molar-refractivity contribution >= 4 is 18.5 Å². The number of hydrogen-bond donors (Lipinski definition) is 2. The number of aromatic nitrogens is 3. The summed E-state index contributed by atoms with van der Waals surface area (Å²) in [6, 6.07) is 11.6. The molecule has 1 unspecified atom stereocenters. The summed E-state index contributed by atoms with van der Waals surface area (Å²) in [6.07, 6.45) is 3.25. The molecule has 0 fully saturated rings. The number of carboxylic acid groups (broad SMARTS) is 1. The molecule has 37 heavy (non-hydrogen) atoms. The van der Waals surface area contributed by atoms with Gasteiger partial charge in [-0.25, -0.2) is 9.67 Å². The van der Waals surface area contributed by atoms with Crippen molar-refractivity contribution in [3.05, 3.63) is 58.9 Å². The van der Waals surface area contributed by atoms with Gasteiger partial charge in [-0.2, -0.15) is 5.10 Å². The first-order chi connectivity index (χ1) is 18.1. The standard InChI is InChI=1S/C27H31N5O5/c1-28-10-11-32-25(35-12-8-21-6-4-18-3-2-9-29-27(18)30-21)16-22(31-32)13-20(15-26(33)34)19-5-7-23-24(14-19)37-17-36-23/h4-7,14,16,20H,1-3,8-13,15,17H2,(H,29,30)(H,33,34). The van der Waals surface area contributed by atoms with E-state index in [1.807, 2.05) is 24.3 Å². The molecule has 2 aromatic heterocycles. The zero-order chi connectivity index (χ0) is 25.6. The molecular weight excluding hydrogens is 474 g/mol. The summed E-state index contributed by atoms with van der Waals surface area (Å²) in [5, 5.41) is 17.6. The number of aliphatic carboxylic acids is 1. The van der Waals surface area contributed by atoms with Gasteiger partial charge in [0.1, 0.15) is 5.82 Å². The van der Waals surface area contributed by atoms with Crippen molar-refractivity contribution in [2.24, 2.45) is 4.99 Å². The number of carboxylic acids is 1. The average Bonchev–Trinajstić information content (AvgIpc) is 3.53. The molecule has 1 aromatic carbocycles. The molecule has 0 saturated heterocycles. The summed E-state index contributed by atoms with van der Waals surface area (Å²) in [7, 11) is 0. The number of aliphatic imine (C=N–C) groups is 1. The van der Waals surface area contributed by atoms with Crippen LogP contribution in [-0.4, -0.2) is 59.0 Å². The van der Waals surface area contributed by atoms with Gasteiger partial charge in [0.05, 0.1) is 31.8 Å². The molecule has 0 radical (unpaired) electrons. The van der Waals surface area contributed by atoms with E-state index >= 15 is 0 Å². The van der Waals surface area contributed by atoms with E-state index in [1.165, 1.54) is 5.56 Å². The Kier molecular flexibility index (Phi) is 7.53. The van der Waals surface area contributed by atoms with Crippen LogP contribution in [0, 0.1) is 0 Å². The Morgan fingerprint density at radius 3 is 2.97 bits per heavy atom. The molecule has 0 amide bonds. The molecule has 1 atom stereocenters. The number of benzene rings is 1. The largest absolute Gasteiger partial charge is 0.481 e. The van der Waals surface area contributed by atoms with Gasteiger partial charge in [0.15, 0.2) is 11.5 Å². The van der Waals surface area contributed by atoms with Gasteiger partial charge in [0.2, 0.25) is 12.7 Å². The average molecular weight is 506 g/mol. The third kappa shape index (κ3) is 6.02. The Morgan fingerprint density at radius 1 is 1.22 bits per heavy atom. The minimum atomic E-state index is -0.874. The van der Waals surface area contributed by atoms with Gasteiger partial charge in [0, 0.05) is 30.6 Å². The molecule has 5 rings (SSSR count). The number of anilines is 1. The zero-order valence-electron chi connectivity index (χ0n) is 20.7. The van der Waals surface area contributed by atoms with Crippen molar-refractivity contribution in [1.82, 2.24) is 14.8 Å². The number of nitrogens with zero attached hydrogens (tertiary/aromatic N) is 4. The highest BCUT2D eigenvalue weighted by Crippen LogP contribution is 2.36. The molecule has 10 heteroatoms. The molecule has 3 aromatic rings. The summed E-state index contributed by atoms with van der Waals surface area (Å²) in [6.45, 7) is 6.15. The predicted molar refractivity (Wildman–Crippen MR) is 138 cm³/mol. The second-order valence-electron chi connectivity index (χ2n) is 9.19. The van der Waals surface area contributed by atoms with Crippen molar-refractivity contribution in [1.29, 1.82) is 0 Å². The molecule has 2 N–H and O–H groups in total. The van der Waals surface area contributed by atoms with Gasteiger partial charge in [-0.05, 0) is 55.3 Å². The highest BCUT2D eigenvalue weighted by Gasteiger charge is 2.23. The predicted octanol–water partition coefficient (Wildman–Crippen LogP) is 3.49. The molecule has 194 valence electrons. The van der Waals surface area contributed by atoms with Crippen LogP contribution in [0.1, 0.15) is 41.3 Å². The number of aryl methyl sites for hydroxylation is 1. The normalized spacial score (nSPS) is 14.5. The quantitative estimate of drug-likeness (QED) is 0.359. The van der Waals surface area contributed by atoms with E-state index in [4.69, 9.17) is 24.3 Å². The van der Waals surface area contributed by atoms with Crippen LogP contribution in [0.3, 0.4) is 0 Å². The van der Waals surface area contributed by atoms with E-state index in [-0.39, 0.29) is 19.1 Å². The van der Waals surface area contributed by atoms with Crippen LogP contribution >= 0.6 is 0 Å². The van der Waals surface area contributed by atoms with Crippen LogP contribution in [0.5, 0.6) is 17.4 Å². The smallest absolute Gasteiger partial charge is 0.303 e. The van der Waals surface area contributed by atoms with E-state index in [0.29, 0.717) is 49.9 Å². The Bertz CT molecular complexity index is 1270. The van der Waals surface area contributed by atoms with Gasteiger partial charge in [-0.1, -0.05) is 12.1 Å². The van der Waals surface area contributed by atoms with Crippen LogP contribution in [0.25, 0.3) is 0 Å². The first kappa shape index (κ1) is 24.6. The lowest BCUT2D eigenvalue weighted by Crippen LogP contribution is -2.15. The topological polar surface area (TPSA) is 120 Å². The Balaban J connectivity index is 1.29. The lowest BCUT2D eigenvalue weighted by atomic mass is 9.91. The van der Waals surface area contributed by atoms with Crippen LogP contribution in [0.4, 0.5) is 5.82 Å². The monoisotopic (exact) mass is 505 g/mol. The summed E-state index contributed by atoms with van der Waals surface area (Å²) in [5.74, 6) is 1.73.